The van der Waals surface area contributed by atoms with E-state index in [1.807, 2.05) is 12.1 Å². The van der Waals surface area contributed by atoms with Gasteiger partial charge in [-0.3, -0.25) is 9.97 Å². The largest absolute Gasteiger partial charge is 0.397 e. The maximum absolute atomic E-state index is 7.57. The van der Waals surface area contributed by atoms with E-state index in [-0.39, 0.29) is 27.0 Å². The molecule has 0 unspecified atom stereocenters. The molecule has 1 aromatic carbocycles. The van der Waals surface area contributed by atoms with Gasteiger partial charge in [0.25, 0.3) is 0 Å². The quantitative estimate of drug-likeness (QED) is 0.508. The van der Waals surface area contributed by atoms with Gasteiger partial charge < -0.3 is 5.11 Å². The Morgan fingerprint density at radius 1 is 0.889 bits per heavy atom. The molecule has 0 saturated heterocycles. The molecular weight excluding hydrogens is 319 g/mol. The van der Waals surface area contributed by atoms with Gasteiger partial charge in [-0.2, -0.15) is 0 Å². The van der Waals surface area contributed by atoms with Crippen LogP contribution in [0.1, 0.15) is 6.92 Å². The van der Waals surface area contributed by atoms with Gasteiger partial charge in [0.2, 0.25) is 0 Å². The van der Waals surface area contributed by atoms with E-state index < -0.39 is 0 Å². The molecule has 96 valence electrons. The molecule has 0 spiro atoms. The Hall–Kier alpha value is -1.34. The normalized spacial score (nSPS) is 9.44. The Balaban J connectivity index is 0.000000372. The summed E-state index contributed by atoms with van der Waals surface area (Å²) in [5.41, 5.74) is 1.95. The van der Waals surface area contributed by atoms with E-state index in [0.29, 0.717) is 0 Å². The van der Waals surface area contributed by atoms with E-state index in [0.717, 1.165) is 21.8 Å². The zero-order valence-electron chi connectivity index (χ0n) is 9.98. The monoisotopic (exact) mass is 332 g/mol. The van der Waals surface area contributed by atoms with Gasteiger partial charge in [-0.05, 0) is 19.1 Å². The van der Waals surface area contributed by atoms with Crippen LogP contribution in [0.2, 0.25) is 0 Å². The van der Waals surface area contributed by atoms with Crippen LogP contribution in [0, 0.1) is 0 Å². The molecule has 18 heavy (non-hydrogen) atoms. The van der Waals surface area contributed by atoms with Crippen molar-refractivity contribution in [2.24, 2.45) is 0 Å². The molecule has 2 aromatic heterocycles. The van der Waals surface area contributed by atoms with Crippen molar-refractivity contribution >= 4 is 21.8 Å². The molecule has 0 aliphatic carbocycles. The summed E-state index contributed by atoms with van der Waals surface area (Å²) in [7, 11) is 0. The van der Waals surface area contributed by atoms with Gasteiger partial charge in [-0.25, -0.2) is 0 Å². The van der Waals surface area contributed by atoms with Gasteiger partial charge in [-0.15, -0.1) is 0 Å². The zero-order valence-corrected chi connectivity index (χ0v) is 11.5. The number of pyridine rings is 2. The average molecular weight is 333 g/mol. The van der Waals surface area contributed by atoms with E-state index in [4.69, 9.17) is 5.11 Å². The summed E-state index contributed by atoms with van der Waals surface area (Å²) in [4.78, 5) is 8.69. The Morgan fingerprint density at radius 3 is 1.67 bits per heavy atom. The molecule has 4 heteroatoms. The van der Waals surface area contributed by atoms with Gasteiger partial charge in [0.15, 0.2) is 0 Å². The number of nitrogens with zero attached hydrogens (tertiary/aromatic N) is 2. The summed E-state index contributed by atoms with van der Waals surface area (Å²) in [6.07, 6.45) is 3.60. The van der Waals surface area contributed by atoms with E-state index in [9.17, 15) is 0 Å². The SMILES string of the molecule is CCO.[Pd].c1cnc2c(c1)ccc1cccnc12. The molecule has 1 N–H and O–H groups in total. The minimum Gasteiger partial charge on any atom is -0.397 e. The maximum atomic E-state index is 7.57. The molecule has 3 rings (SSSR count). The average Bonchev–Trinajstić information content (AvgIpc) is 2.40. The molecule has 0 aliphatic rings. The van der Waals surface area contributed by atoms with Crippen LogP contribution in [0.15, 0.2) is 48.8 Å². The van der Waals surface area contributed by atoms with E-state index in [1.54, 1.807) is 19.3 Å². The summed E-state index contributed by atoms with van der Waals surface area (Å²) >= 11 is 0. The predicted molar refractivity (Wildman–Crippen MR) is 69.8 cm³/mol. The van der Waals surface area contributed by atoms with E-state index in [2.05, 4.69) is 34.2 Å². The topological polar surface area (TPSA) is 46.0 Å². The summed E-state index contributed by atoms with van der Waals surface area (Å²) in [5, 5.41) is 9.84. The molecule has 0 saturated carbocycles. The molecule has 3 nitrogen and oxygen atoms in total. The second-order valence-corrected chi connectivity index (χ2v) is 3.53. The molecule has 0 radical (unpaired) electrons. The zero-order chi connectivity index (χ0) is 12.1. The smallest absolute Gasteiger partial charge is 0.0964 e. The summed E-state index contributed by atoms with van der Waals surface area (Å²) < 4.78 is 0. The molecular formula is C14H14N2OPd. The van der Waals surface area contributed by atoms with Gasteiger partial charge in [0, 0.05) is 50.2 Å². The fourth-order valence-electron chi connectivity index (χ4n) is 1.68. The van der Waals surface area contributed by atoms with Crippen LogP contribution in [0.3, 0.4) is 0 Å². The molecule has 0 aliphatic heterocycles. The van der Waals surface area contributed by atoms with Gasteiger partial charge in [0.05, 0.1) is 11.0 Å². The predicted octanol–water partition coefficient (Wildman–Crippen LogP) is 2.78. The van der Waals surface area contributed by atoms with Crippen LogP contribution in [0.5, 0.6) is 0 Å². The standard InChI is InChI=1S/C12H8N2.C2H6O.Pd/c1-3-9-5-6-10-4-2-8-14-12(10)11(9)13-7-1;1-2-3;/h1-8H;3H,2H2,1H3;. The second-order valence-electron chi connectivity index (χ2n) is 3.53. The first-order valence-corrected chi connectivity index (χ1v) is 5.56. The second kappa shape index (κ2) is 7.18. The van der Waals surface area contributed by atoms with Crippen molar-refractivity contribution in [3.05, 3.63) is 48.8 Å². The van der Waals surface area contributed by atoms with Crippen LogP contribution in [0.4, 0.5) is 0 Å². The van der Waals surface area contributed by atoms with Gasteiger partial charge in [-0.1, -0.05) is 24.3 Å². The van der Waals surface area contributed by atoms with Crippen molar-refractivity contribution in [1.29, 1.82) is 0 Å². The molecule has 3 aromatic rings. The van der Waals surface area contributed by atoms with Crippen molar-refractivity contribution in [3.8, 4) is 0 Å². The molecule has 0 atom stereocenters. The van der Waals surface area contributed by atoms with Gasteiger partial charge in [0.1, 0.15) is 0 Å². The van der Waals surface area contributed by atoms with Crippen molar-refractivity contribution < 1.29 is 25.5 Å². The Morgan fingerprint density at radius 2 is 1.28 bits per heavy atom. The number of rotatable bonds is 0. The van der Waals surface area contributed by atoms with Crippen molar-refractivity contribution in [3.63, 3.8) is 0 Å². The first-order valence-electron chi connectivity index (χ1n) is 5.56. The van der Waals surface area contributed by atoms with E-state index in [1.165, 1.54) is 0 Å². The van der Waals surface area contributed by atoms with Crippen LogP contribution in [-0.2, 0) is 20.4 Å². The van der Waals surface area contributed by atoms with E-state index >= 15 is 0 Å². The van der Waals surface area contributed by atoms with Gasteiger partial charge >= 0.3 is 0 Å². The minimum absolute atomic E-state index is 0. The maximum Gasteiger partial charge on any atom is 0.0964 e. The number of fused-ring (bicyclic) bond motifs is 3. The molecule has 0 bridgehead atoms. The van der Waals surface area contributed by atoms with Crippen molar-refractivity contribution in [2.75, 3.05) is 6.61 Å². The Kier molecular flexibility index (Phi) is 5.87. The summed E-state index contributed by atoms with van der Waals surface area (Å²) in [6, 6.07) is 12.1. The number of hydrogen-bond donors (Lipinski definition) is 1. The fraction of sp³-hybridized carbons (Fsp3) is 0.143. The first-order chi connectivity index (χ1) is 8.36. The van der Waals surface area contributed by atoms with Crippen LogP contribution in [0.25, 0.3) is 21.8 Å². The number of aliphatic hydroxyl groups is 1. The van der Waals surface area contributed by atoms with Crippen LogP contribution in [-0.4, -0.2) is 21.7 Å². The van der Waals surface area contributed by atoms with Crippen LogP contribution >= 0.6 is 0 Å². The Labute approximate surface area is 120 Å². The molecule has 2 heterocycles. The number of aliphatic hydroxyl groups excluding tert-OH is 1. The number of benzene rings is 1. The van der Waals surface area contributed by atoms with Crippen molar-refractivity contribution in [2.45, 2.75) is 6.92 Å². The summed E-state index contributed by atoms with van der Waals surface area (Å²) in [6.45, 7) is 1.93. The number of aromatic nitrogens is 2. The molecule has 0 amide bonds. The third-order valence-electron chi connectivity index (χ3n) is 2.34. The summed E-state index contributed by atoms with van der Waals surface area (Å²) in [5.74, 6) is 0. The van der Waals surface area contributed by atoms with Crippen LogP contribution < -0.4 is 0 Å². The third kappa shape index (κ3) is 3.11. The van der Waals surface area contributed by atoms with Crippen molar-refractivity contribution in [1.82, 2.24) is 9.97 Å². The third-order valence-corrected chi connectivity index (χ3v) is 2.34. The number of hydrogen-bond acceptors (Lipinski definition) is 3. The Bertz CT molecular complexity index is 573. The fourth-order valence-corrected chi connectivity index (χ4v) is 1.68. The first kappa shape index (κ1) is 14.7. The minimum atomic E-state index is 0. The molecule has 0 fully saturated rings.